The van der Waals surface area contributed by atoms with Gasteiger partial charge in [0, 0.05) is 25.3 Å². The van der Waals surface area contributed by atoms with Crippen LogP contribution in [0.3, 0.4) is 0 Å². The van der Waals surface area contributed by atoms with Gasteiger partial charge in [0.2, 0.25) is 0 Å². The fourth-order valence-corrected chi connectivity index (χ4v) is 3.65. The highest BCUT2D eigenvalue weighted by Gasteiger charge is 2.23. The molecular weight excluding hydrogens is 326 g/mol. The van der Waals surface area contributed by atoms with Crippen LogP contribution >= 0.6 is 0 Å². The zero-order chi connectivity index (χ0) is 18.5. The van der Waals surface area contributed by atoms with Crippen molar-refractivity contribution in [3.63, 3.8) is 0 Å². The van der Waals surface area contributed by atoms with Gasteiger partial charge in [-0.05, 0) is 57.7 Å². The van der Waals surface area contributed by atoms with Crippen LogP contribution in [0.25, 0.3) is 5.82 Å². The maximum Gasteiger partial charge on any atom is 0.254 e. The molecule has 0 bridgehead atoms. The molecule has 3 heterocycles. The lowest BCUT2D eigenvalue weighted by Gasteiger charge is -2.35. The summed E-state index contributed by atoms with van der Waals surface area (Å²) < 4.78 is 1.76. The Balaban J connectivity index is 1.66. The van der Waals surface area contributed by atoms with Crippen LogP contribution in [0, 0.1) is 5.92 Å². The van der Waals surface area contributed by atoms with E-state index in [2.05, 4.69) is 34.1 Å². The molecule has 26 heavy (non-hydrogen) atoms. The minimum absolute atomic E-state index is 0.0364. The summed E-state index contributed by atoms with van der Waals surface area (Å²) in [5.41, 5.74) is 1.54. The first-order valence-electron chi connectivity index (χ1n) is 9.60. The average Bonchev–Trinajstić information content (AvgIpc) is 3.11. The fraction of sp³-hybridized carbons (Fsp3) is 0.550. The van der Waals surface area contributed by atoms with E-state index in [0.717, 1.165) is 31.0 Å². The van der Waals surface area contributed by atoms with Crippen molar-refractivity contribution in [2.24, 2.45) is 5.92 Å². The van der Waals surface area contributed by atoms with Gasteiger partial charge in [0.05, 0.1) is 17.5 Å². The van der Waals surface area contributed by atoms with E-state index in [-0.39, 0.29) is 5.91 Å². The van der Waals surface area contributed by atoms with Crippen LogP contribution in [0.2, 0.25) is 0 Å². The SMILES string of the molecule is CCc1c(C(=O)NCC2CCCN(C(C)C)C2)cnn1-c1ccccn1. The van der Waals surface area contributed by atoms with E-state index < -0.39 is 0 Å². The van der Waals surface area contributed by atoms with E-state index in [1.54, 1.807) is 17.1 Å². The second-order valence-electron chi connectivity index (χ2n) is 7.27. The van der Waals surface area contributed by atoms with Crippen molar-refractivity contribution in [3.8, 4) is 5.82 Å². The molecular formula is C20H29N5O. The van der Waals surface area contributed by atoms with Crippen LogP contribution < -0.4 is 5.32 Å². The summed E-state index contributed by atoms with van der Waals surface area (Å²) >= 11 is 0. The van der Waals surface area contributed by atoms with Gasteiger partial charge >= 0.3 is 0 Å². The molecule has 1 aliphatic heterocycles. The number of piperidine rings is 1. The van der Waals surface area contributed by atoms with Gasteiger partial charge in [0.25, 0.3) is 5.91 Å². The number of likely N-dealkylation sites (tertiary alicyclic amines) is 1. The second-order valence-corrected chi connectivity index (χ2v) is 7.27. The van der Waals surface area contributed by atoms with Gasteiger partial charge in [0.15, 0.2) is 5.82 Å². The smallest absolute Gasteiger partial charge is 0.254 e. The highest BCUT2D eigenvalue weighted by molar-refractivity contribution is 5.95. The molecule has 3 rings (SSSR count). The molecule has 1 fully saturated rings. The number of amides is 1. The van der Waals surface area contributed by atoms with Crippen molar-refractivity contribution < 1.29 is 4.79 Å². The highest BCUT2D eigenvalue weighted by atomic mass is 16.1. The maximum absolute atomic E-state index is 12.7. The Hall–Kier alpha value is -2.21. The number of carbonyl (C=O) groups is 1. The van der Waals surface area contributed by atoms with Crippen molar-refractivity contribution >= 4 is 5.91 Å². The molecule has 140 valence electrons. The molecule has 2 aromatic rings. The van der Waals surface area contributed by atoms with Crippen LogP contribution in [-0.2, 0) is 6.42 Å². The third-order valence-corrected chi connectivity index (χ3v) is 5.15. The van der Waals surface area contributed by atoms with Gasteiger partial charge in [-0.1, -0.05) is 13.0 Å². The number of hydrogen-bond donors (Lipinski definition) is 1. The first kappa shape index (κ1) is 18.6. The number of hydrogen-bond acceptors (Lipinski definition) is 4. The molecule has 1 atom stereocenters. The Morgan fingerprint density at radius 2 is 2.23 bits per heavy atom. The van der Waals surface area contributed by atoms with Crippen LogP contribution in [0.5, 0.6) is 0 Å². The first-order valence-corrected chi connectivity index (χ1v) is 9.60. The van der Waals surface area contributed by atoms with Crippen molar-refractivity contribution in [2.75, 3.05) is 19.6 Å². The normalized spacial score (nSPS) is 18.2. The molecule has 1 saturated heterocycles. The van der Waals surface area contributed by atoms with E-state index in [4.69, 9.17) is 0 Å². The molecule has 0 spiro atoms. The van der Waals surface area contributed by atoms with Crippen molar-refractivity contribution in [3.05, 3.63) is 41.9 Å². The van der Waals surface area contributed by atoms with E-state index in [1.165, 1.54) is 19.4 Å². The van der Waals surface area contributed by atoms with Crippen LogP contribution in [-0.4, -0.2) is 51.2 Å². The van der Waals surface area contributed by atoms with Gasteiger partial charge in [-0.3, -0.25) is 4.79 Å². The zero-order valence-corrected chi connectivity index (χ0v) is 16.0. The lowest BCUT2D eigenvalue weighted by atomic mass is 9.97. The average molecular weight is 355 g/mol. The Labute approximate surface area is 155 Å². The Bertz CT molecular complexity index is 725. The quantitative estimate of drug-likeness (QED) is 0.865. The number of nitrogens with one attached hydrogen (secondary N) is 1. The summed E-state index contributed by atoms with van der Waals surface area (Å²) in [6.45, 7) is 9.46. The highest BCUT2D eigenvalue weighted by Crippen LogP contribution is 2.18. The Kier molecular flexibility index (Phi) is 6.04. The number of nitrogens with zero attached hydrogens (tertiary/aromatic N) is 4. The predicted molar refractivity (Wildman–Crippen MR) is 103 cm³/mol. The van der Waals surface area contributed by atoms with Gasteiger partial charge in [-0.15, -0.1) is 0 Å². The fourth-order valence-electron chi connectivity index (χ4n) is 3.65. The number of carbonyl (C=O) groups excluding carboxylic acids is 1. The van der Waals surface area contributed by atoms with Gasteiger partial charge in [-0.2, -0.15) is 5.10 Å². The number of aromatic nitrogens is 3. The molecule has 0 radical (unpaired) electrons. The van der Waals surface area contributed by atoms with E-state index in [0.29, 0.717) is 17.5 Å². The third kappa shape index (κ3) is 4.12. The Morgan fingerprint density at radius 3 is 2.92 bits per heavy atom. The van der Waals surface area contributed by atoms with E-state index >= 15 is 0 Å². The lowest BCUT2D eigenvalue weighted by Crippen LogP contribution is -2.43. The summed E-state index contributed by atoms with van der Waals surface area (Å²) in [5.74, 6) is 1.22. The van der Waals surface area contributed by atoms with Crippen LogP contribution in [0.15, 0.2) is 30.6 Å². The summed E-state index contributed by atoms with van der Waals surface area (Å²) in [5, 5.41) is 7.52. The second kappa shape index (κ2) is 8.45. The summed E-state index contributed by atoms with van der Waals surface area (Å²) in [6, 6.07) is 6.26. The topological polar surface area (TPSA) is 63.1 Å². The van der Waals surface area contributed by atoms with Crippen molar-refractivity contribution in [2.45, 2.75) is 46.1 Å². The van der Waals surface area contributed by atoms with Gasteiger partial charge in [-0.25, -0.2) is 9.67 Å². The van der Waals surface area contributed by atoms with Crippen molar-refractivity contribution in [1.29, 1.82) is 0 Å². The Morgan fingerprint density at radius 1 is 1.38 bits per heavy atom. The van der Waals surface area contributed by atoms with Gasteiger partial charge in [0.1, 0.15) is 0 Å². The number of rotatable bonds is 6. The summed E-state index contributed by atoms with van der Waals surface area (Å²) in [7, 11) is 0. The van der Waals surface area contributed by atoms with Crippen LogP contribution in [0.1, 0.15) is 49.7 Å². The monoisotopic (exact) mass is 355 g/mol. The van der Waals surface area contributed by atoms with Crippen LogP contribution in [0.4, 0.5) is 0 Å². The first-order chi connectivity index (χ1) is 12.6. The summed E-state index contributed by atoms with van der Waals surface area (Å²) in [6.07, 6.45) is 6.50. The predicted octanol–water partition coefficient (Wildman–Crippen LogP) is 2.68. The third-order valence-electron chi connectivity index (χ3n) is 5.15. The molecule has 2 aromatic heterocycles. The molecule has 1 amide bonds. The minimum atomic E-state index is -0.0364. The van der Waals surface area contributed by atoms with Crippen molar-refractivity contribution in [1.82, 2.24) is 25.0 Å². The molecule has 1 unspecified atom stereocenters. The summed E-state index contributed by atoms with van der Waals surface area (Å²) in [4.78, 5) is 19.6. The molecule has 1 aliphatic rings. The standard InChI is InChI=1S/C20H29N5O/c1-4-18-17(13-23-25(18)19-9-5-6-10-21-19)20(26)22-12-16-8-7-11-24(14-16)15(2)3/h5-6,9-10,13,15-16H,4,7-8,11-12,14H2,1-3H3,(H,22,26). The largest absolute Gasteiger partial charge is 0.352 e. The molecule has 0 aromatic carbocycles. The molecule has 1 N–H and O–H groups in total. The number of pyridine rings is 1. The molecule has 0 aliphatic carbocycles. The van der Waals surface area contributed by atoms with Gasteiger partial charge < -0.3 is 10.2 Å². The zero-order valence-electron chi connectivity index (χ0n) is 16.0. The minimum Gasteiger partial charge on any atom is -0.352 e. The molecule has 6 heteroatoms. The van der Waals surface area contributed by atoms with E-state index in [1.807, 2.05) is 25.1 Å². The van der Waals surface area contributed by atoms with E-state index in [9.17, 15) is 4.79 Å². The molecule has 6 nitrogen and oxygen atoms in total. The maximum atomic E-state index is 12.7. The lowest BCUT2D eigenvalue weighted by molar-refractivity contribution is 0.0921. The molecule has 0 saturated carbocycles.